The number of carbonyl (C=O) groups is 1. The largest absolute Gasteiger partial charge is 0.494 e. The van der Waals surface area contributed by atoms with Gasteiger partial charge in [-0.1, -0.05) is 6.42 Å². The summed E-state index contributed by atoms with van der Waals surface area (Å²) in [4.78, 5) is 31.3. The molecule has 3 fully saturated rings. The fourth-order valence-electron chi connectivity index (χ4n) is 5.04. The molecule has 0 bridgehead atoms. The Labute approximate surface area is 202 Å². The number of benzene rings is 1. The molecule has 2 aliphatic heterocycles. The summed E-state index contributed by atoms with van der Waals surface area (Å²) in [6, 6.07) is 8.73. The molecule has 5 rings (SSSR count). The summed E-state index contributed by atoms with van der Waals surface area (Å²) < 4.78 is 5.51. The van der Waals surface area contributed by atoms with Gasteiger partial charge in [-0.3, -0.25) is 19.6 Å². The van der Waals surface area contributed by atoms with Crippen LogP contribution in [0.1, 0.15) is 26.2 Å². The molecule has 1 aliphatic carbocycles. The number of piperazine rings is 2. The maximum Gasteiger partial charge on any atom is 0.236 e. The van der Waals surface area contributed by atoms with Gasteiger partial charge < -0.3 is 14.5 Å². The average Bonchev–Trinajstić information content (AvgIpc) is 2.85. The monoisotopic (exact) mass is 464 g/mol. The van der Waals surface area contributed by atoms with Gasteiger partial charge in [0.2, 0.25) is 5.91 Å². The molecule has 34 heavy (non-hydrogen) atoms. The van der Waals surface area contributed by atoms with Gasteiger partial charge in [-0.2, -0.15) is 0 Å². The molecule has 2 aromatic rings. The summed E-state index contributed by atoms with van der Waals surface area (Å²) in [7, 11) is 0. The number of hydrogen-bond donors (Lipinski definition) is 0. The summed E-state index contributed by atoms with van der Waals surface area (Å²) in [5.41, 5.74) is 1.88. The van der Waals surface area contributed by atoms with Crippen LogP contribution < -0.4 is 9.64 Å². The number of nitrogens with zero attached hydrogens (tertiary/aromatic N) is 6. The van der Waals surface area contributed by atoms with Gasteiger partial charge in [0.25, 0.3) is 0 Å². The van der Waals surface area contributed by atoms with E-state index in [0.29, 0.717) is 13.2 Å². The lowest BCUT2D eigenvalue weighted by atomic mass is 9.91. The quantitative estimate of drug-likeness (QED) is 0.623. The molecule has 2 saturated heterocycles. The Morgan fingerprint density at radius 3 is 2.26 bits per heavy atom. The van der Waals surface area contributed by atoms with Crippen LogP contribution in [0.2, 0.25) is 0 Å². The third-order valence-corrected chi connectivity index (χ3v) is 7.41. The Morgan fingerprint density at radius 2 is 1.68 bits per heavy atom. The standard InChI is InChI=1S/C26H36N6O2/c1-2-34-23-8-6-21(7-9-23)24-18-28-25(19-27-24)31-12-10-29(11-13-31)20-26(33)32-16-14-30(15-17-32)22-4-3-5-22/h6-9,18-19,22H,2-5,10-17,20H2,1H3. The molecule has 1 saturated carbocycles. The molecule has 8 heteroatoms. The van der Waals surface area contributed by atoms with Crippen LogP contribution in [0.25, 0.3) is 11.3 Å². The van der Waals surface area contributed by atoms with Crippen LogP contribution in [0.4, 0.5) is 5.82 Å². The summed E-state index contributed by atoms with van der Waals surface area (Å²) in [5.74, 6) is 2.04. The molecular formula is C26H36N6O2. The number of hydrogen-bond acceptors (Lipinski definition) is 7. The third-order valence-electron chi connectivity index (χ3n) is 7.41. The molecule has 0 unspecified atom stereocenters. The van der Waals surface area contributed by atoms with E-state index in [4.69, 9.17) is 4.74 Å². The number of rotatable bonds is 7. The highest BCUT2D eigenvalue weighted by Gasteiger charge is 2.30. The first-order valence-electron chi connectivity index (χ1n) is 12.7. The Morgan fingerprint density at radius 1 is 0.941 bits per heavy atom. The van der Waals surface area contributed by atoms with Crippen LogP contribution in [-0.2, 0) is 4.79 Å². The molecule has 0 N–H and O–H groups in total. The molecular weight excluding hydrogens is 428 g/mol. The van der Waals surface area contributed by atoms with Crippen molar-refractivity contribution in [3.8, 4) is 17.0 Å². The van der Waals surface area contributed by atoms with Gasteiger partial charge >= 0.3 is 0 Å². The van der Waals surface area contributed by atoms with E-state index in [1.54, 1.807) is 0 Å². The topological polar surface area (TPSA) is 65.0 Å². The van der Waals surface area contributed by atoms with Crippen LogP contribution in [0, 0.1) is 0 Å². The van der Waals surface area contributed by atoms with E-state index in [1.165, 1.54) is 19.3 Å². The summed E-state index contributed by atoms with van der Waals surface area (Å²) in [6.45, 7) is 10.5. The van der Waals surface area contributed by atoms with Crippen molar-refractivity contribution in [1.29, 1.82) is 0 Å². The molecule has 8 nitrogen and oxygen atoms in total. The normalized spacial score (nSPS) is 20.3. The molecule has 3 aliphatic rings. The first kappa shape index (κ1) is 23.1. The van der Waals surface area contributed by atoms with Gasteiger partial charge in [0.15, 0.2) is 0 Å². The maximum atomic E-state index is 12.8. The van der Waals surface area contributed by atoms with Crippen molar-refractivity contribution in [2.45, 2.75) is 32.2 Å². The van der Waals surface area contributed by atoms with E-state index >= 15 is 0 Å². The molecule has 0 atom stereocenters. The molecule has 0 spiro atoms. The number of amides is 1. The number of anilines is 1. The van der Waals surface area contributed by atoms with Crippen LogP contribution >= 0.6 is 0 Å². The van der Waals surface area contributed by atoms with Crippen LogP contribution in [-0.4, -0.2) is 102 Å². The number of carbonyl (C=O) groups excluding carboxylic acids is 1. The van der Waals surface area contributed by atoms with Crippen LogP contribution in [0.3, 0.4) is 0 Å². The van der Waals surface area contributed by atoms with E-state index in [9.17, 15) is 4.79 Å². The summed E-state index contributed by atoms with van der Waals surface area (Å²) >= 11 is 0. The number of ether oxygens (including phenoxy) is 1. The summed E-state index contributed by atoms with van der Waals surface area (Å²) in [5, 5.41) is 0. The highest BCUT2D eigenvalue weighted by molar-refractivity contribution is 5.78. The second-order valence-corrected chi connectivity index (χ2v) is 9.48. The second-order valence-electron chi connectivity index (χ2n) is 9.48. The second kappa shape index (κ2) is 10.7. The highest BCUT2D eigenvalue weighted by Crippen LogP contribution is 2.26. The van der Waals surface area contributed by atoms with Crippen molar-refractivity contribution in [2.75, 3.05) is 70.4 Å². The predicted molar refractivity (Wildman–Crippen MR) is 133 cm³/mol. The first-order valence-corrected chi connectivity index (χ1v) is 12.7. The molecule has 182 valence electrons. The molecule has 3 heterocycles. The lowest BCUT2D eigenvalue weighted by Gasteiger charge is -2.43. The van der Waals surface area contributed by atoms with Crippen LogP contribution in [0.5, 0.6) is 5.75 Å². The highest BCUT2D eigenvalue weighted by atomic mass is 16.5. The van der Waals surface area contributed by atoms with Gasteiger partial charge in [-0.05, 0) is 44.0 Å². The first-order chi connectivity index (χ1) is 16.7. The lowest BCUT2D eigenvalue weighted by molar-refractivity contribution is -0.134. The average molecular weight is 465 g/mol. The van der Waals surface area contributed by atoms with Crippen molar-refractivity contribution >= 4 is 11.7 Å². The van der Waals surface area contributed by atoms with E-state index in [1.807, 2.05) is 43.6 Å². The smallest absolute Gasteiger partial charge is 0.236 e. The van der Waals surface area contributed by atoms with Gasteiger partial charge in [-0.15, -0.1) is 0 Å². The predicted octanol–water partition coefficient (Wildman–Crippen LogP) is 2.36. The molecule has 0 radical (unpaired) electrons. The summed E-state index contributed by atoms with van der Waals surface area (Å²) in [6.07, 6.45) is 7.74. The van der Waals surface area contributed by atoms with Crippen molar-refractivity contribution in [1.82, 2.24) is 24.7 Å². The van der Waals surface area contributed by atoms with Crippen LogP contribution in [0.15, 0.2) is 36.7 Å². The van der Waals surface area contributed by atoms with Gasteiger partial charge in [0, 0.05) is 64.0 Å². The van der Waals surface area contributed by atoms with Gasteiger partial charge in [0.1, 0.15) is 11.6 Å². The number of aromatic nitrogens is 2. The minimum Gasteiger partial charge on any atom is -0.494 e. The van der Waals surface area contributed by atoms with E-state index in [-0.39, 0.29) is 5.91 Å². The zero-order chi connectivity index (χ0) is 23.3. The Bertz CT molecular complexity index is 931. The molecule has 1 amide bonds. The SMILES string of the molecule is CCOc1ccc(-c2cnc(N3CCN(CC(=O)N4CCN(C5CCC5)CC4)CC3)cn2)cc1. The lowest BCUT2D eigenvalue weighted by Crippen LogP contribution is -2.56. The minimum absolute atomic E-state index is 0.279. The fourth-order valence-corrected chi connectivity index (χ4v) is 5.04. The van der Waals surface area contributed by atoms with Gasteiger partial charge in [-0.25, -0.2) is 4.98 Å². The van der Waals surface area contributed by atoms with E-state index < -0.39 is 0 Å². The molecule has 1 aromatic heterocycles. The van der Waals surface area contributed by atoms with E-state index in [0.717, 1.165) is 81.2 Å². The zero-order valence-corrected chi connectivity index (χ0v) is 20.2. The van der Waals surface area contributed by atoms with Crippen molar-refractivity contribution in [3.05, 3.63) is 36.7 Å². The maximum absolute atomic E-state index is 12.8. The fraction of sp³-hybridized carbons (Fsp3) is 0.577. The Kier molecular flexibility index (Phi) is 7.25. The zero-order valence-electron chi connectivity index (χ0n) is 20.2. The third kappa shape index (κ3) is 5.33. The van der Waals surface area contributed by atoms with Crippen molar-refractivity contribution in [3.63, 3.8) is 0 Å². The molecule has 1 aromatic carbocycles. The van der Waals surface area contributed by atoms with Crippen molar-refractivity contribution in [2.24, 2.45) is 0 Å². The van der Waals surface area contributed by atoms with Gasteiger partial charge in [0.05, 0.1) is 31.2 Å². The Hall–Kier alpha value is -2.71. The van der Waals surface area contributed by atoms with Crippen molar-refractivity contribution < 1.29 is 9.53 Å². The van der Waals surface area contributed by atoms with E-state index in [2.05, 4.69) is 29.6 Å². The Balaban J connectivity index is 1.07. The minimum atomic E-state index is 0.279.